The fourth-order valence-electron chi connectivity index (χ4n) is 1.89. The molecule has 126 valence electrons. The number of ether oxygens (including phenoxy) is 2. The third-order valence-electron chi connectivity index (χ3n) is 3.17. The van der Waals surface area contributed by atoms with E-state index in [1.54, 1.807) is 24.3 Å². The van der Waals surface area contributed by atoms with Gasteiger partial charge in [-0.2, -0.15) is 0 Å². The predicted molar refractivity (Wildman–Crippen MR) is 93.0 cm³/mol. The fraction of sp³-hybridized carbons (Fsp3) is 0.176. The quantitative estimate of drug-likeness (QED) is 0.804. The van der Waals surface area contributed by atoms with Gasteiger partial charge in [-0.3, -0.25) is 4.79 Å². The average molecular weight is 368 g/mol. The molecule has 2 aromatic rings. The highest BCUT2D eigenvalue weighted by Crippen LogP contribution is 2.24. The number of rotatable bonds is 5. The molecule has 1 atom stereocenters. The van der Waals surface area contributed by atoms with Gasteiger partial charge in [0.2, 0.25) is 0 Å². The van der Waals surface area contributed by atoms with E-state index < -0.39 is 18.0 Å². The first-order valence-corrected chi connectivity index (χ1v) is 7.78. The maximum absolute atomic E-state index is 12.2. The molecule has 1 N–H and O–H groups in total. The lowest BCUT2D eigenvalue weighted by molar-refractivity contribution is -0.123. The number of benzene rings is 2. The van der Waals surface area contributed by atoms with Gasteiger partial charge in [-0.05, 0) is 37.3 Å². The lowest BCUT2D eigenvalue weighted by Crippen LogP contribution is -2.30. The first kappa shape index (κ1) is 18.1. The number of amides is 1. The normalized spacial score (nSPS) is 11.5. The van der Waals surface area contributed by atoms with E-state index in [2.05, 4.69) is 5.32 Å². The van der Waals surface area contributed by atoms with Crippen LogP contribution in [0.15, 0.2) is 42.5 Å². The minimum absolute atomic E-state index is 0.210. The van der Waals surface area contributed by atoms with Crippen LogP contribution in [0.3, 0.4) is 0 Å². The molecule has 0 aromatic heterocycles. The molecule has 0 radical (unpaired) electrons. The van der Waals surface area contributed by atoms with Crippen LogP contribution >= 0.6 is 23.2 Å². The summed E-state index contributed by atoms with van der Waals surface area (Å²) in [6.07, 6.45) is -1.00. The first-order valence-electron chi connectivity index (χ1n) is 7.02. The van der Waals surface area contributed by atoms with Crippen molar-refractivity contribution in [2.24, 2.45) is 0 Å². The monoisotopic (exact) mass is 367 g/mol. The number of carbonyl (C=O) groups excluding carboxylic acids is 2. The molecule has 5 nitrogen and oxygen atoms in total. The summed E-state index contributed by atoms with van der Waals surface area (Å²) in [4.78, 5) is 24.2. The molecule has 0 aliphatic rings. The molecule has 7 heteroatoms. The Labute approximate surface area is 149 Å². The molecule has 0 aliphatic heterocycles. The van der Waals surface area contributed by atoms with Crippen molar-refractivity contribution < 1.29 is 19.1 Å². The van der Waals surface area contributed by atoms with Gasteiger partial charge < -0.3 is 14.8 Å². The van der Waals surface area contributed by atoms with Crippen LogP contribution < -0.4 is 10.1 Å². The summed E-state index contributed by atoms with van der Waals surface area (Å²) in [7, 11) is 1.50. The summed E-state index contributed by atoms with van der Waals surface area (Å²) in [5.74, 6) is -0.641. The van der Waals surface area contributed by atoms with Crippen molar-refractivity contribution in [3.8, 4) is 5.75 Å². The highest BCUT2D eigenvalue weighted by molar-refractivity contribution is 6.42. The molecule has 2 aromatic carbocycles. The predicted octanol–water partition coefficient (Wildman–Crippen LogP) is 4.19. The number of anilines is 1. The summed E-state index contributed by atoms with van der Waals surface area (Å²) in [5.41, 5.74) is 0.698. The Morgan fingerprint density at radius 1 is 1.08 bits per heavy atom. The van der Waals surface area contributed by atoms with Crippen LogP contribution in [-0.2, 0) is 9.53 Å². The smallest absolute Gasteiger partial charge is 0.338 e. The second kappa shape index (κ2) is 8.04. The molecule has 0 unspecified atom stereocenters. The minimum atomic E-state index is -1.00. The lowest BCUT2D eigenvalue weighted by atomic mass is 10.2. The van der Waals surface area contributed by atoms with Crippen LogP contribution in [0.2, 0.25) is 10.0 Å². The van der Waals surface area contributed by atoms with Gasteiger partial charge in [-0.15, -0.1) is 0 Å². The third kappa shape index (κ3) is 4.40. The van der Waals surface area contributed by atoms with Crippen molar-refractivity contribution in [2.45, 2.75) is 13.0 Å². The third-order valence-corrected chi connectivity index (χ3v) is 3.91. The molecular formula is C17H15Cl2NO4. The number of nitrogens with one attached hydrogen (secondary N) is 1. The Bertz CT molecular complexity index is 764. The Balaban J connectivity index is 2.03. The van der Waals surface area contributed by atoms with Crippen LogP contribution in [-0.4, -0.2) is 25.1 Å². The second-order valence-corrected chi connectivity index (χ2v) is 5.68. The standard InChI is InChI=1S/C17H15Cl2NO4/c1-10(16(21)20-14-5-3-4-6-15(14)23-2)24-17(22)11-7-8-12(18)13(19)9-11/h3-10H,1-2H3,(H,20,21)/t10-/m0/s1. The maximum atomic E-state index is 12.2. The van der Waals surface area contributed by atoms with Gasteiger partial charge in [-0.25, -0.2) is 4.79 Å². The molecule has 0 bridgehead atoms. The highest BCUT2D eigenvalue weighted by Gasteiger charge is 2.20. The van der Waals surface area contributed by atoms with Crippen molar-refractivity contribution in [3.63, 3.8) is 0 Å². The Morgan fingerprint density at radius 2 is 1.79 bits per heavy atom. The molecule has 0 heterocycles. The minimum Gasteiger partial charge on any atom is -0.495 e. The largest absolute Gasteiger partial charge is 0.495 e. The van der Waals surface area contributed by atoms with E-state index in [9.17, 15) is 9.59 Å². The van der Waals surface area contributed by atoms with Gasteiger partial charge in [0.25, 0.3) is 5.91 Å². The van der Waals surface area contributed by atoms with E-state index in [4.69, 9.17) is 32.7 Å². The van der Waals surface area contributed by atoms with Crippen molar-refractivity contribution in [2.75, 3.05) is 12.4 Å². The molecule has 0 aliphatic carbocycles. The topological polar surface area (TPSA) is 64.6 Å². The van der Waals surface area contributed by atoms with Gasteiger partial charge in [0, 0.05) is 0 Å². The molecule has 1 amide bonds. The summed E-state index contributed by atoms with van der Waals surface area (Å²) < 4.78 is 10.3. The Hall–Kier alpha value is -2.24. The van der Waals surface area contributed by atoms with Gasteiger partial charge >= 0.3 is 5.97 Å². The van der Waals surface area contributed by atoms with Crippen LogP contribution in [0.25, 0.3) is 0 Å². The second-order valence-electron chi connectivity index (χ2n) is 4.87. The number of carbonyl (C=O) groups is 2. The van der Waals surface area contributed by atoms with Gasteiger partial charge in [0.15, 0.2) is 6.10 Å². The lowest BCUT2D eigenvalue weighted by Gasteiger charge is -2.15. The molecule has 24 heavy (non-hydrogen) atoms. The van der Waals surface area contributed by atoms with E-state index in [0.717, 1.165) is 0 Å². The number of para-hydroxylation sites is 2. The fourth-order valence-corrected chi connectivity index (χ4v) is 2.19. The van der Waals surface area contributed by atoms with E-state index >= 15 is 0 Å². The van der Waals surface area contributed by atoms with Crippen molar-refractivity contribution >= 4 is 40.8 Å². The molecule has 0 spiro atoms. The van der Waals surface area contributed by atoms with Crippen LogP contribution in [0, 0.1) is 0 Å². The zero-order valence-electron chi connectivity index (χ0n) is 13.0. The number of methoxy groups -OCH3 is 1. The summed E-state index contributed by atoms with van der Waals surface area (Å²) in [6.45, 7) is 1.47. The van der Waals surface area contributed by atoms with Gasteiger partial charge in [0.05, 0.1) is 28.4 Å². The van der Waals surface area contributed by atoms with Gasteiger partial charge in [-0.1, -0.05) is 35.3 Å². The Kier molecular flexibility index (Phi) is 6.06. The van der Waals surface area contributed by atoms with E-state index in [-0.39, 0.29) is 10.6 Å². The van der Waals surface area contributed by atoms with Crippen molar-refractivity contribution in [1.82, 2.24) is 0 Å². The number of hydrogen-bond donors (Lipinski definition) is 1. The van der Waals surface area contributed by atoms with E-state index in [1.165, 1.54) is 32.2 Å². The SMILES string of the molecule is COc1ccccc1NC(=O)[C@H](C)OC(=O)c1ccc(Cl)c(Cl)c1. The average Bonchev–Trinajstić information content (AvgIpc) is 2.57. The van der Waals surface area contributed by atoms with Gasteiger partial charge in [0.1, 0.15) is 5.75 Å². The van der Waals surface area contributed by atoms with E-state index in [1.807, 2.05) is 0 Å². The summed E-state index contributed by atoms with van der Waals surface area (Å²) in [6, 6.07) is 11.3. The maximum Gasteiger partial charge on any atom is 0.338 e. The van der Waals surface area contributed by atoms with Crippen molar-refractivity contribution in [1.29, 1.82) is 0 Å². The molecule has 0 saturated carbocycles. The summed E-state index contributed by atoms with van der Waals surface area (Å²) in [5, 5.41) is 3.21. The number of hydrogen-bond acceptors (Lipinski definition) is 4. The number of halogens is 2. The molecule has 0 fully saturated rings. The highest BCUT2D eigenvalue weighted by atomic mass is 35.5. The van der Waals surface area contributed by atoms with Crippen LogP contribution in [0.1, 0.15) is 17.3 Å². The Morgan fingerprint density at radius 3 is 2.46 bits per heavy atom. The van der Waals surface area contributed by atoms with Crippen LogP contribution in [0.5, 0.6) is 5.75 Å². The zero-order chi connectivity index (χ0) is 17.7. The van der Waals surface area contributed by atoms with Crippen LogP contribution in [0.4, 0.5) is 5.69 Å². The van der Waals surface area contributed by atoms with E-state index in [0.29, 0.717) is 16.5 Å². The molecule has 2 rings (SSSR count). The summed E-state index contributed by atoms with van der Waals surface area (Å²) >= 11 is 11.7. The molecular weight excluding hydrogens is 353 g/mol. The first-order chi connectivity index (χ1) is 11.4. The van der Waals surface area contributed by atoms with Crippen molar-refractivity contribution in [3.05, 3.63) is 58.1 Å². The zero-order valence-corrected chi connectivity index (χ0v) is 14.5. The molecule has 0 saturated heterocycles. The number of esters is 1.